The summed E-state index contributed by atoms with van der Waals surface area (Å²) < 4.78 is 5.63. The molecule has 0 aliphatic carbocycles. The number of aliphatic hydroxyl groups is 1. The first-order valence-corrected chi connectivity index (χ1v) is 9.09. The summed E-state index contributed by atoms with van der Waals surface area (Å²) in [5, 5.41) is 11.0. The number of aryl methyl sites for hydroxylation is 1. The van der Waals surface area contributed by atoms with Gasteiger partial charge in [0.15, 0.2) is 0 Å². The maximum Gasteiger partial charge on any atom is 0.119 e. The molecule has 0 amide bonds. The molecular weight excluding hydrogens is 371 g/mol. The zero-order valence-electron chi connectivity index (χ0n) is 15.0. The van der Waals surface area contributed by atoms with E-state index in [1.165, 1.54) is 11.3 Å². The summed E-state index contributed by atoms with van der Waals surface area (Å²) in [7, 11) is 0. The van der Waals surface area contributed by atoms with Crippen LogP contribution in [0.25, 0.3) is 0 Å². The van der Waals surface area contributed by atoms with E-state index in [9.17, 15) is 5.11 Å². The van der Waals surface area contributed by atoms with Crippen LogP contribution in [-0.4, -0.2) is 55.4 Å². The molecule has 0 aromatic heterocycles. The minimum Gasteiger partial charge on any atom is -0.491 e. The monoisotopic (exact) mass is 396 g/mol. The molecule has 1 aliphatic heterocycles. The van der Waals surface area contributed by atoms with Gasteiger partial charge in [0, 0.05) is 43.4 Å². The molecule has 26 heavy (non-hydrogen) atoms. The fourth-order valence-electron chi connectivity index (χ4n) is 3.15. The number of halogens is 2. The molecule has 3 rings (SSSR count). The van der Waals surface area contributed by atoms with E-state index in [4.69, 9.17) is 16.3 Å². The largest absolute Gasteiger partial charge is 0.491 e. The van der Waals surface area contributed by atoms with Gasteiger partial charge in [-0.25, -0.2) is 0 Å². The number of anilines is 1. The summed E-state index contributed by atoms with van der Waals surface area (Å²) in [4.78, 5) is 4.65. The van der Waals surface area contributed by atoms with Crippen LogP contribution in [0.15, 0.2) is 48.5 Å². The molecular formula is C20H26Cl2N2O2. The molecule has 0 spiro atoms. The number of rotatable bonds is 6. The smallest absolute Gasteiger partial charge is 0.119 e. The maximum absolute atomic E-state index is 10.2. The van der Waals surface area contributed by atoms with Crippen molar-refractivity contribution < 1.29 is 9.84 Å². The first-order chi connectivity index (χ1) is 12.1. The Labute approximate surface area is 166 Å². The SMILES string of the molecule is Cc1ccc(Cl)cc1N1CCN(CC(O)COc2ccccc2)CC1.Cl. The van der Waals surface area contributed by atoms with Gasteiger partial charge in [-0.3, -0.25) is 4.90 Å². The first kappa shape index (κ1) is 20.8. The van der Waals surface area contributed by atoms with Crippen molar-refractivity contribution in [3.05, 3.63) is 59.1 Å². The lowest BCUT2D eigenvalue weighted by Crippen LogP contribution is -2.49. The van der Waals surface area contributed by atoms with E-state index < -0.39 is 6.10 Å². The summed E-state index contributed by atoms with van der Waals surface area (Å²) in [5.74, 6) is 0.794. The van der Waals surface area contributed by atoms with Gasteiger partial charge in [0.05, 0.1) is 0 Å². The number of nitrogens with zero attached hydrogens (tertiary/aromatic N) is 2. The van der Waals surface area contributed by atoms with Crippen LogP contribution in [0.4, 0.5) is 5.69 Å². The Morgan fingerprint density at radius 1 is 1.08 bits per heavy atom. The van der Waals surface area contributed by atoms with Crippen molar-refractivity contribution in [3.8, 4) is 5.75 Å². The summed E-state index contributed by atoms with van der Waals surface area (Å²) in [6, 6.07) is 15.6. The number of ether oxygens (including phenoxy) is 1. The van der Waals surface area contributed by atoms with Crippen molar-refractivity contribution in [2.24, 2.45) is 0 Å². The van der Waals surface area contributed by atoms with Crippen molar-refractivity contribution >= 4 is 29.7 Å². The second-order valence-electron chi connectivity index (χ2n) is 6.50. The predicted molar refractivity (Wildman–Crippen MR) is 110 cm³/mol. The lowest BCUT2D eigenvalue weighted by atomic mass is 10.1. The van der Waals surface area contributed by atoms with Crippen LogP contribution >= 0.6 is 24.0 Å². The zero-order valence-corrected chi connectivity index (χ0v) is 16.5. The van der Waals surface area contributed by atoms with Gasteiger partial charge in [-0.15, -0.1) is 12.4 Å². The highest BCUT2D eigenvalue weighted by molar-refractivity contribution is 6.30. The van der Waals surface area contributed by atoms with Crippen LogP contribution in [0.3, 0.4) is 0 Å². The Morgan fingerprint density at radius 2 is 1.77 bits per heavy atom. The third-order valence-electron chi connectivity index (χ3n) is 4.54. The number of β-amino-alcohol motifs (C(OH)–C–C–N with tert-alkyl or cyclic N) is 1. The van der Waals surface area contributed by atoms with Crippen LogP contribution in [0.1, 0.15) is 5.56 Å². The average molecular weight is 397 g/mol. The van der Waals surface area contributed by atoms with E-state index in [1.54, 1.807) is 0 Å². The van der Waals surface area contributed by atoms with Crippen LogP contribution in [-0.2, 0) is 0 Å². The Bertz CT molecular complexity index is 677. The second-order valence-corrected chi connectivity index (χ2v) is 6.93. The molecule has 0 radical (unpaired) electrons. The number of para-hydroxylation sites is 1. The maximum atomic E-state index is 10.2. The van der Waals surface area contributed by atoms with E-state index in [-0.39, 0.29) is 12.4 Å². The second kappa shape index (κ2) is 10.0. The molecule has 2 aromatic carbocycles. The zero-order chi connectivity index (χ0) is 17.6. The fraction of sp³-hybridized carbons (Fsp3) is 0.400. The molecule has 1 aliphatic rings. The standard InChI is InChI=1S/C20H25ClN2O2.ClH/c1-16-7-8-17(21)13-20(16)23-11-9-22(10-12-23)14-18(24)15-25-19-5-3-2-4-6-19;/h2-8,13,18,24H,9-12,14-15H2,1H3;1H. The normalized spacial score (nSPS) is 16.0. The lowest BCUT2D eigenvalue weighted by molar-refractivity contribution is 0.0663. The molecule has 0 bridgehead atoms. The van der Waals surface area contributed by atoms with Crippen LogP contribution in [0, 0.1) is 6.92 Å². The van der Waals surface area contributed by atoms with E-state index in [1.807, 2.05) is 42.5 Å². The Kier molecular flexibility index (Phi) is 8.04. The van der Waals surface area contributed by atoms with E-state index in [0.717, 1.165) is 37.0 Å². The molecule has 6 heteroatoms. The lowest BCUT2D eigenvalue weighted by Gasteiger charge is -2.37. The van der Waals surface area contributed by atoms with Gasteiger partial charge >= 0.3 is 0 Å². The molecule has 1 heterocycles. The minimum absolute atomic E-state index is 0. The van der Waals surface area contributed by atoms with Crippen molar-refractivity contribution in [1.29, 1.82) is 0 Å². The van der Waals surface area contributed by atoms with Crippen LogP contribution in [0.2, 0.25) is 5.02 Å². The van der Waals surface area contributed by atoms with Crippen molar-refractivity contribution in [2.45, 2.75) is 13.0 Å². The number of aliphatic hydroxyl groups excluding tert-OH is 1. The van der Waals surface area contributed by atoms with Gasteiger partial charge in [-0.1, -0.05) is 35.9 Å². The highest BCUT2D eigenvalue weighted by Gasteiger charge is 2.20. The quantitative estimate of drug-likeness (QED) is 0.808. The van der Waals surface area contributed by atoms with Crippen molar-refractivity contribution in [1.82, 2.24) is 4.90 Å². The van der Waals surface area contributed by atoms with Crippen LogP contribution < -0.4 is 9.64 Å². The summed E-state index contributed by atoms with van der Waals surface area (Å²) >= 11 is 6.13. The number of hydrogen-bond donors (Lipinski definition) is 1. The molecule has 142 valence electrons. The molecule has 4 nitrogen and oxygen atoms in total. The van der Waals surface area contributed by atoms with E-state index >= 15 is 0 Å². The number of piperazine rings is 1. The number of hydrogen-bond acceptors (Lipinski definition) is 4. The molecule has 1 saturated heterocycles. The fourth-order valence-corrected chi connectivity index (χ4v) is 3.32. The van der Waals surface area contributed by atoms with Gasteiger partial charge in [-0.05, 0) is 36.8 Å². The molecule has 1 N–H and O–H groups in total. The Morgan fingerprint density at radius 3 is 2.46 bits per heavy atom. The molecule has 1 atom stereocenters. The van der Waals surface area contributed by atoms with Gasteiger partial charge in [-0.2, -0.15) is 0 Å². The van der Waals surface area contributed by atoms with Gasteiger partial charge < -0.3 is 14.7 Å². The predicted octanol–water partition coefficient (Wildman–Crippen LogP) is 3.63. The summed E-state index contributed by atoms with van der Waals surface area (Å²) in [6.07, 6.45) is -0.486. The van der Waals surface area contributed by atoms with Gasteiger partial charge in [0.1, 0.15) is 18.5 Å². The molecule has 2 aromatic rings. The minimum atomic E-state index is -0.486. The molecule has 1 unspecified atom stereocenters. The van der Waals surface area contributed by atoms with Gasteiger partial charge in [0.2, 0.25) is 0 Å². The van der Waals surface area contributed by atoms with E-state index in [2.05, 4.69) is 22.8 Å². The third kappa shape index (κ3) is 5.78. The van der Waals surface area contributed by atoms with Crippen molar-refractivity contribution in [2.75, 3.05) is 44.2 Å². The highest BCUT2D eigenvalue weighted by Crippen LogP contribution is 2.25. The average Bonchev–Trinajstić information content (AvgIpc) is 2.64. The Hall–Kier alpha value is -1.46. The third-order valence-corrected chi connectivity index (χ3v) is 4.77. The molecule has 1 fully saturated rings. The summed E-state index contributed by atoms with van der Waals surface area (Å²) in [5.41, 5.74) is 2.45. The Balaban J connectivity index is 0.00000243. The summed E-state index contributed by atoms with van der Waals surface area (Å²) in [6.45, 7) is 6.79. The first-order valence-electron chi connectivity index (χ1n) is 8.71. The van der Waals surface area contributed by atoms with Gasteiger partial charge in [0.25, 0.3) is 0 Å². The van der Waals surface area contributed by atoms with Crippen molar-refractivity contribution in [3.63, 3.8) is 0 Å². The molecule has 0 saturated carbocycles. The van der Waals surface area contributed by atoms with E-state index in [0.29, 0.717) is 13.2 Å². The topological polar surface area (TPSA) is 35.9 Å². The number of benzene rings is 2. The van der Waals surface area contributed by atoms with Crippen LogP contribution in [0.5, 0.6) is 5.75 Å². The highest BCUT2D eigenvalue weighted by atomic mass is 35.5.